The first-order chi connectivity index (χ1) is 9.60. The number of benzene rings is 1. The molecule has 0 saturated carbocycles. The van der Waals surface area contributed by atoms with Crippen molar-refractivity contribution in [3.8, 4) is 5.75 Å². The van der Waals surface area contributed by atoms with Crippen LogP contribution in [0.4, 0.5) is 5.69 Å². The molecule has 0 saturated heterocycles. The number of anilines is 1. The molecule has 0 atom stereocenters. The van der Waals surface area contributed by atoms with Gasteiger partial charge in [-0.25, -0.2) is 9.78 Å². The molecule has 0 radical (unpaired) electrons. The Morgan fingerprint density at radius 2 is 2.15 bits per heavy atom. The standard InChI is InChI=1S/C15H16N2O3/c1-10-8-12(20-2)6-7-13(10)16-9-11-4-3-5-14(17-11)15(18)19/h3-8,16H,9H2,1-2H3,(H,18,19). The van der Waals surface area contributed by atoms with E-state index in [2.05, 4.69) is 10.3 Å². The van der Waals surface area contributed by atoms with Gasteiger partial charge in [-0.05, 0) is 42.8 Å². The van der Waals surface area contributed by atoms with Crippen molar-refractivity contribution in [1.82, 2.24) is 4.98 Å². The van der Waals surface area contributed by atoms with Crippen molar-refractivity contribution in [2.24, 2.45) is 0 Å². The molecule has 0 aliphatic carbocycles. The van der Waals surface area contributed by atoms with Crippen LogP contribution in [0.1, 0.15) is 21.7 Å². The number of carboxylic acid groups (broad SMARTS) is 1. The molecular formula is C15H16N2O3. The molecule has 2 rings (SSSR count). The maximum Gasteiger partial charge on any atom is 0.354 e. The minimum absolute atomic E-state index is 0.0516. The van der Waals surface area contributed by atoms with Gasteiger partial charge in [0, 0.05) is 5.69 Å². The number of carbonyl (C=O) groups is 1. The summed E-state index contributed by atoms with van der Waals surface area (Å²) in [6.45, 7) is 2.44. The largest absolute Gasteiger partial charge is 0.497 e. The lowest BCUT2D eigenvalue weighted by Gasteiger charge is -2.10. The highest BCUT2D eigenvalue weighted by Crippen LogP contribution is 2.21. The average Bonchev–Trinajstić information content (AvgIpc) is 2.46. The predicted molar refractivity (Wildman–Crippen MR) is 76.3 cm³/mol. The lowest BCUT2D eigenvalue weighted by atomic mass is 10.2. The molecule has 2 N–H and O–H groups in total. The maximum atomic E-state index is 10.9. The number of pyridine rings is 1. The SMILES string of the molecule is COc1ccc(NCc2cccc(C(=O)O)n2)c(C)c1. The van der Waals surface area contributed by atoms with Gasteiger partial charge in [-0.3, -0.25) is 0 Å². The van der Waals surface area contributed by atoms with Crippen LogP contribution in [0, 0.1) is 6.92 Å². The summed E-state index contributed by atoms with van der Waals surface area (Å²) in [6, 6.07) is 10.7. The smallest absolute Gasteiger partial charge is 0.354 e. The number of nitrogens with zero attached hydrogens (tertiary/aromatic N) is 1. The van der Waals surface area contributed by atoms with E-state index in [1.165, 1.54) is 6.07 Å². The van der Waals surface area contributed by atoms with Crippen LogP contribution >= 0.6 is 0 Å². The first kappa shape index (κ1) is 13.9. The minimum atomic E-state index is -1.02. The highest BCUT2D eigenvalue weighted by molar-refractivity contribution is 5.85. The number of aromatic nitrogens is 1. The topological polar surface area (TPSA) is 71.5 Å². The molecule has 20 heavy (non-hydrogen) atoms. The van der Waals surface area contributed by atoms with Gasteiger partial charge < -0.3 is 15.2 Å². The fraction of sp³-hybridized carbons (Fsp3) is 0.200. The van der Waals surface area contributed by atoms with Crippen molar-refractivity contribution >= 4 is 11.7 Å². The summed E-state index contributed by atoms with van der Waals surface area (Å²) in [6.07, 6.45) is 0. The third-order valence-electron chi connectivity index (χ3n) is 2.92. The summed E-state index contributed by atoms with van der Waals surface area (Å²) in [5.41, 5.74) is 2.75. The third-order valence-corrected chi connectivity index (χ3v) is 2.92. The van der Waals surface area contributed by atoms with Gasteiger partial charge in [0.05, 0.1) is 19.3 Å². The van der Waals surface area contributed by atoms with Crippen molar-refractivity contribution in [3.63, 3.8) is 0 Å². The normalized spacial score (nSPS) is 10.1. The van der Waals surface area contributed by atoms with E-state index < -0.39 is 5.97 Å². The number of ether oxygens (including phenoxy) is 1. The number of aryl methyl sites for hydroxylation is 1. The average molecular weight is 272 g/mol. The van der Waals surface area contributed by atoms with E-state index in [-0.39, 0.29) is 5.69 Å². The van der Waals surface area contributed by atoms with Gasteiger partial charge in [0.1, 0.15) is 11.4 Å². The molecule has 5 heteroatoms. The number of rotatable bonds is 5. The molecule has 0 fully saturated rings. The summed E-state index contributed by atoms with van der Waals surface area (Å²) in [5.74, 6) is -0.216. The van der Waals surface area contributed by atoms with E-state index in [9.17, 15) is 4.79 Å². The van der Waals surface area contributed by atoms with Gasteiger partial charge in [-0.15, -0.1) is 0 Å². The third kappa shape index (κ3) is 3.26. The Labute approximate surface area is 117 Å². The number of methoxy groups -OCH3 is 1. The Balaban J connectivity index is 2.09. The minimum Gasteiger partial charge on any atom is -0.497 e. The number of aromatic carboxylic acids is 1. The quantitative estimate of drug-likeness (QED) is 0.875. The van der Waals surface area contributed by atoms with Gasteiger partial charge >= 0.3 is 5.97 Å². The number of hydrogen-bond donors (Lipinski definition) is 2. The Bertz CT molecular complexity index is 626. The summed E-state index contributed by atoms with van der Waals surface area (Å²) in [5, 5.41) is 12.1. The number of nitrogens with one attached hydrogen (secondary N) is 1. The van der Waals surface area contributed by atoms with E-state index >= 15 is 0 Å². The van der Waals surface area contributed by atoms with Crippen molar-refractivity contribution < 1.29 is 14.6 Å². The number of carboxylic acids is 1. The zero-order chi connectivity index (χ0) is 14.5. The number of hydrogen-bond acceptors (Lipinski definition) is 4. The highest BCUT2D eigenvalue weighted by atomic mass is 16.5. The van der Waals surface area contributed by atoms with Gasteiger partial charge in [0.25, 0.3) is 0 Å². The molecule has 1 aromatic heterocycles. The molecule has 0 spiro atoms. The summed E-state index contributed by atoms with van der Waals surface area (Å²) < 4.78 is 5.15. The molecule has 104 valence electrons. The second kappa shape index (κ2) is 6.06. The molecular weight excluding hydrogens is 256 g/mol. The van der Waals surface area contributed by atoms with Crippen molar-refractivity contribution in [1.29, 1.82) is 0 Å². The Morgan fingerprint density at radius 1 is 1.35 bits per heavy atom. The Hall–Kier alpha value is -2.56. The maximum absolute atomic E-state index is 10.9. The first-order valence-electron chi connectivity index (χ1n) is 6.18. The van der Waals surface area contributed by atoms with Crippen LogP contribution in [0.15, 0.2) is 36.4 Å². The highest BCUT2D eigenvalue weighted by Gasteiger charge is 2.05. The second-order valence-corrected chi connectivity index (χ2v) is 4.35. The van der Waals surface area contributed by atoms with Gasteiger partial charge in [-0.1, -0.05) is 6.07 Å². The predicted octanol–water partition coefficient (Wildman–Crippen LogP) is 2.71. The molecule has 0 amide bonds. The van der Waals surface area contributed by atoms with Gasteiger partial charge in [-0.2, -0.15) is 0 Å². The molecule has 0 aliphatic heterocycles. The van der Waals surface area contributed by atoms with Crippen LogP contribution in [-0.2, 0) is 6.54 Å². The molecule has 1 aromatic carbocycles. The van der Waals surface area contributed by atoms with Crippen LogP contribution in [0.5, 0.6) is 5.75 Å². The van der Waals surface area contributed by atoms with Crippen LogP contribution in [0.25, 0.3) is 0 Å². The molecule has 2 aromatic rings. The van der Waals surface area contributed by atoms with Crippen molar-refractivity contribution in [3.05, 3.63) is 53.3 Å². The lowest BCUT2D eigenvalue weighted by Crippen LogP contribution is -2.07. The van der Waals surface area contributed by atoms with Crippen LogP contribution in [-0.4, -0.2) is 23.2 Å². The summed E-state index contributed by atoms with van der Waals surface area (Å²) in [4.78, 5) is 14.9. The zero-order valence-corrected chi connectivity index (χ0v) is 11.4. The summed E-state index contributed by atoms with van der Waals surface area (Å²) in [7, 11) is 1.63. The Kier molecular flexibility index (Phi) is 4.20. The molecule has 1 heterocycles. The lowest BCUT2D eigenvalue weighted by molar-refractivity contribution is 0.0690. The molecule has 0 bridgehead atoms. The van der Waals surface area contributed by atoms with E-state index in [1.54, 1.807) is 19.2 Å². The van der Waals surface area contributed by atoms with E-state index in [4.69, 9.17) is 9.84 Å². The van der Waals surface area contributed by atoms with E-state index in [0.717, 1.165) is 17.0 Å². The monoisotopic (exact) mass is 272 g/mol. The fourth-order valence-corrected chi connectivity index (χ4v) is 1.84. The van der Waals surface area contributed by atoms with Gasteiger partial charge in [0.2, 0.25) is 0 Å². The van der Waals surface area contributed by atoms with Crippen LogP contribution < -0.4 is 10.1 Å². The molecule has 5 nitrogen and oxygen atoms in total. The van der Waals surface area contributed by atoms with E-state index in [0.29, 0.717) is 12.2 Å². The summed E-state index contributed by atoms with van der Waals surface area (Å²) >= 11 is 0. The second-order valence-electron chi connectivity index (χ2n) is 4.35. The molecule has 0 unspecified atom stereocenters. The van der Waals surface area contributed by atoms with Crippen LogP contribution in [0.2, 0.25) is 0 Å². The van der Waals surface area contributed by atoms with Crippen LogP contribution in [0.3, 0.4) is 0 Å². The molecule has 0 aliphatic rings. The fourth-order valence-electron chi connectivity index (χ4n) is 1.84. The van der Waals surface area contributed by atoms with Crippen molar-refractivity contribution in [2.75, 3.05) is 12.4 Å². The first-order valence-corrected chi connectivity index (χ1v) is 6.18. The van der Waals surface area contributed by atoms with Gasteiger partial charge in [0.15, 0.2) is 0 Å². The van der Waals surface area contributed by atoms with Crippen molar-refractivity contribution in [2.45, 2.75) is 13.5 Å². The Morgan fingerprint density at radius 3 is 2.80 bits per heavy atom. The zero-order valence-electron chi connectivity index (χ0n) is 11.4. The van der Waals surface area contributed by atoms with E-state index in [1.807, 2.05) is 25.1 Å².